The Balaban J connectivity index is 2.35. The van der Waals surface area contributed by atoms with Gasteiger partial charge in [0, 0.05) is 20.0 Å². The number of hydrogen-bond donors (Lipinski definition) is 1. The third-order valence-corrected chi connectivity index (χ3v) is 3.68. The number of carbonyl (C=O) groups is 3. The Morgan fingerprint density at radius 1 is 1.17 bits per heavy atom. The molecule has 0 amide bonds. The Morgan fingerprint density at radius 2 is 1.71 bits per heavy atom. The second-order valence-corrected chi connectivity index (χ2v) is 6.00. The van der Waals surface area contributed by atoms with E-state index in [1.807, 2.05) is 0 Å². The first-order valence-corrected chi connectivity index (χ1v) is 7.41. The van der Waals surface area contributed by atoms with Crippen LogP contribution in [0.2, 0.25) is 10.0 Å². The van der Waals surface area contributed by atoms with Crippen molar-refractivity contribution in [3.63, 3.8) is 0 Å². The number of hydrogen-bond acceptors (Lipinski definition) is 7. The monoisotopic (exact) mass is 373 g/mol. The van der Waals surface area contributed by atoms with Gasteiger partial charge in [0.2, 0.25) is 0 Å². The first-order valence-electron chi connectivity index (χ1n) is 6.65. The molecule has 1 saturated heterocycles. The number of halogens is 2. The summed E-state index contributed by atoms with van der Waals surface area (Å²) < 4.78 is 14.6. The van der Waals surface area contributed by atoms with E-state index >= 15 is 0 Å². The number of cyclic esters (lactones) is 2. The standard InChI is InChI=1S/C15H13Cl2NO6/c1-15(2)23-13(20)8(14(21)24-15)6-18-11-5-10(17)9(16)4-7(11)12(19)22-3/h4-6,18H,1-3H3. The first kappa shape index (κ1) is 18.1. The molecule has 0 atom stereocenters. The number of ether oxygens (including phenoxy) is 3. The van der Waals surface area contributed by atoms with Gasteiger partial charge in [-0.3, -0.25) is 0 Å². The summed E-state index contributed by atoms with van der Waals surface area (Å²) in [4.78, 5) is 35.5. The van der Waals surface area contributed by atoms with E-state index in [0.29, 0.717) is 0 Å². The van der Waals surface area contributed by atoms with E-state index in [1.54, 1.807) is 0 Å². The van der Waals surface area contributed by atoms with Crippen molar-refractivity contribution in [3.05, 3.63) is 39.5 Å². The fraction of sp³-hybridized carbons (Fsp3) is 0.267. The molecule has 0 aliphatic carbocycles. The van der Waals surface area contributed by atoms with Crippen LogP contribution in [0, 0.1) is 0 Å². The maximum atomic E-state index is 11.9. The molecular formula is C15H13Cl2NO6. The van der Waals surface area contributed by atoms with Gasteiger partial charge in [-0.15, -0.1) is 0 Å². The lowest BCUT2D eigenvalue weighted by Crippen LogP contribution is -2.42. The van der Waals surface area contributed by atoms with Crippen molar-refractivity contribution in [1.29, 1.82) is 0 Å². The van der Waals surface area contributed by atoms with Crippen LogP contribution < -0.4 is 5.32 Å². The summed E-state index contributed by atoms with van der Waals surface area (Å²) in [6, 6.07) is 2.66. The molecule has 1 aliphatic rings. The lowest BCUT2D eigenvalue weighted by molar-refractivity contribution is -0.222. The Kier molecular flexibility index (Phi) is 5.05. The number of rotatable bonds is 3. The number of anilines is 1. The van der Waals surface area contributed by atoms with Gasteiger partial charge in [0.05, 0.1) is 28.4 Å². The van der Waals surface area contributed by atoms with E-state index in [0.717, 1.165) is 6.20 Å². The lowest BCUT2D eigenvalue weighted by atomic mass is 10.1. The molecule has 0 bridgehead atoms. The predicted octanol–water partition coefficient (Wildman–Crippen LogP) is 2.91. The van der Waals surface area contributed by atoms with E-state index in [1.165, 1.54) is 33.1 Å². The molecule has 1 aromatic carbocycles. The quantitative estimate of drug-likeness (QED) is 0.494. The van der Waals surface area contributed by atoms with E-state index in [4.69, 9.17) is 32.7 Å². The van der Waals surface area contributed by atoms with Gasteiger partial charge in [0.15, 0.2) is 5.57 Å². The van der Waals surface area contributed by atoms with Crippen LogP contribution in [0.25, 0.3) is 0 Å². The Labute approximate surface area is 147 Å². The third kappa shape index (κ3) is 3.80. The molecule has 0 aromatic heterocycles. The van der Waals surface area contributed by atoms with Crippen LogP contribution in [-0.4, -0.2) is 30.8 Å². The minimum Gasteiger partial charge on any atom is -0.465 e. The van der Waals surface area contributed by atoms with Gasteiger partial charge in [-0.25, -0.2) is 14.4 Å². The number of benzene rings is 1. The summed E-state index contributed by atoms with van der Waals surface area (Å²) in [7, 11) is 1.20. The molecule has 9 heteroatoms. The van der Waals surface area contributed by atoms with Crippen molar-refractivity contribution in [3.8, 4) is 0 Å². The van der Waals surface area contributed by atoms with E-state index in [2.05, 4.69) is 10.1 Å². The van der Waals surface area contributed by atoms with Crippen molar-refractivity contribution < 1.29 is 28.6 Å². The van der Waals surface area contributed by atoms with Crippen LogP contribution in [0.5, 0.6) is 0 Å². The van der Waals surface area contributed by atoms with Gasteiger partial charge >= 0.3 is 17.9 Å². The summed E-state index contributed by atoms with van der Waals surface area (Å²) in [5.41, 5.74) is -0.105. The minimum atomic E-state index is -1.34. The summed E-state index contributed by atoms with van der Waals surface area (Å²) in [6.07, 6.45) is 1.06. The number of nitrogens with one attached hydrogen (secondary N) is 1. The van der Waals surface area contributed by atoms with Crippen molar-refractivity contribution in [2.75, 3.05) is 12.4 Å². The molecule has 2 rings (SSSR count). The summed E-state index contributed by atoms with van der Waals surface area (Å²) in [5.74, 6) is -3.73. The van der Waals surface area contributed by atoms with Crippen LogP contribution in [0.15, 0.2) is 23.9 Å². The first-order chi connectivity index (χ1) is 11.1. The SMILES string of the molecule is COC(=O)c1cc(Cl)c(Cl)cc1NC=C1C(=O)OC(C)(C)OC1=O. The molecule has 1 heterocycles. The molecule has 0 radical (unpaired) electrons. The number of methoxy groups -OCH3 is 1. The van der Waals surface area contributed by atoms with Gasteiger partial charge in [-0.2, -0.15) is 0 Å². The van der Waals surface area contributed by atoms with Crippen LogP contribution in [0.1, 0.15) is 24.2 Å². The van der Waals surface area contributed by atoms with Gasteiger partial charge in [-0.05, 0) is 12.1 Å². The van der Waals surface area contributed by atoms with Crippen molar-refractivity contribution in [2.24, 2.45) is 0 Å². The van der Waals surface area contributed by atoms with Crippen molar-refractivity contribution >= 4 is 46.8 Å². The Hall–Kier alpha value is -2.25. The van der Waals surface area contributed by atoms with E-state index in [-0.39, 0.29) is 26.9 Å². The van der Waals surface area contributed by atoms with Gasteiger partial charge in [0.25, 0.3) is 5.79 Å². The van der Waals surface area contributed by atoms with Gasteiger partial charge in [0.1, 0.15) is 0 Å². The second kappa shape index (κ2) is 6.70. The number of esters is 3. The largest absolute Gasteiger partial charge is 0.465 e. The summed E-state index contributed by atoms with van der Waals surface area (Å²) >= 11 is 11.8. The molecule has 0 unspecified atom stereocenters. The Bertz CT molecular complexity index is 735. The molecule has 128 valence electrons. The average molecular weight is 374 g/mol. The molecule has 7 nitrogen and oxygen atoms in total. The molecule has 0 saturated carbocycles. The van der Waals surface area contributed by atoms with Crippen molar-refractivity contribution in [2.45, 2.75) is 19.6 Å². The lowest BCUT2D eigenvalue weighted by Gasteiger charge is -2.29. The smallest absolute Gasteiger partial charge is 0.350 e. The minimum absolute atomic E-state index is 0.0709. The molecule has 24 heavy (non-hydrogen) atoms. The normalized spacial score (nSPS) is 16.1. The van der Waals surface area contributed by atoms with Gasteiger partial charge < -0.3 is 19.5 Å². The highest BCUT2D eigenvalue weighted by molar-refractivity contribution is 6.42. The zero-order chi connectivity index (χ0) is 18.1. The summed E-state index contributed by atoms with van der Waals surface area (Å²) in [6.45, 7) is 2.86. The summed E-state index contributed by atoms with van der Waals surface area (Å²) in [5, 5.41) is 2.96. The highest BCUT2D eigenvalue weighted by Crippen LogP contribution is 2.30. The fourth-order valence-corrected chi connectivity index (χ4v) is 2.20. The molecule has 0 spiro atoms. The molecule has 1 aromatic rings. The fourth-order valence-electron chi connectivity index (χ4n) is 1.87. The Morgan fingerprint density at radius 3 is 2.25 bits per heavy atom. The average Bonchev–Trinajstić information content (AvgIpc) is 2.47. The second-order valence-electron chi connectivity index (χ2n) is 5.18. The maximum Gasteiger partial charge on any atom is 0.350 e. The zero-order valence-corrected chi connectivity index (χ0v) is 14.4. The zero-order valence-electron chi connectivity index (χ0n) is 12.9. The maximum absolute atomic E-state index is 11.9. The molecular weight excluding hydrogens is 361 g/mol. The molecule has 1 N–H and O–H groups in total. The van der Waals surface area contributed by atoms with Crippen LogP contribution in [0.3, 0.4) is 0 Å². The van der Waals surface area contributed by atoms with Crippen LogP contribution >= 0.6 is 23.2 Å². The molecule has 1 aliphatic heterocycles. The highest BCUT2D eigenvalue weighted by atomic mass is 35.5. The molecule has 1 fully saturated rings. The van der Waals surface area contributed by atoms with Crippen LogP contribution in [0.4, 0.5) is 5.69 Å². The number of carbonyl (C=O) groups excluding carboxylic acids is 3. The highest BCUT2D eigenvalue weighted by Gasteiger charge is 2.39. The van der Waals surface area contributed by atoms with E-state index < -0.39 is 23.7 Å². The van der Waals surface area contributed by atoms with E-state index in [9.17, 15) is 14.4 Å². The van der Waals surface area contributed by atoms with Gasteiger partial charge in [-0.1, -0.05) is 23.2 Å². The predicted molar refractivity (Wildman–Crippen MR) is 85.8 cm³/mol. The topological polar surface area (TPSA) is 90.9 Å². The van der Waals surface area contributed by atoms with Crippen molar-refractivity contribution in [1.82, 2.24) is 0 Å². The third-order valence-electron chi connectivity index (χ3n) is 2.95. The van der Waals surface area contributed by atoms with Crippen LogP contribution in [-0.2, 0) is 23.8 Å².